The van der Waals surface area contributed by atoms with Gasteiger partial charge in [-0.05, 0) is 0 Å². The number of hydrogen-bond acceptors (Lipinski definition) is 3. The van der Waals surface area contributed by atoms with Gasteiger partial charge in [-0.2, -0.15) is 0 Å². The fraction of sp³-hybridized carbons (Fsp3) is 0.667. The van der Waals surface area contributed by atoms with Crippen molar-refractivity contribution in [2.24, 2.45) is 5.73 Å². The van der Waals surface area contributed by atoms with E-state index in [1.807, 2.05) is 0 Å². The second kappa shape index (κ2) is 5.72. The van der Waals surface area contributed by atoms with Gasteiger partial charge in [-0.15, -0.1) is 12.4 Å². The quantitative estimate of drug-likeness (QED) is 0.393. The minimum absolute atomic E-state index is 0. The van der Waals surface area contributed by atoms with Crippen molar-refractivity contribution < 1.29 is 9.53 Å². The molecule has 0 spiro atoms. The van der Waals surface area contributed by atoms with Crippen LogP contribution in [0.5, 0.6) is 0 Å². The van der Waals surface area contributed by atoms with E-state index in [1.165, 1.54) is 6.92 Å². The summed E-state index contributed by atoms with van der Waals surface area (Å²) in [5, 5.41) is 0. The van der Waals surface area contributed by atoms with Crippen LogP contribution in [0.1, 0.15) is 6.92 Å². The molecule has 0 rings (SSSR count). The van der Waals surface area contributed by atoms with Crippen molar-refractivity contribution in [1.82, 2.24) is 0 Å². The lowest BCUT2D eigenvalue weighted by molar-refractivity contribution is -0.140. The van der Waals surface area contributed by atoms with Gasteiger partial charge >= 0.3 is 5.97 Å². The van der Waals surface area contributed by atoms with Crippen LogP contribution in [-0.2, 0) is 9.53 Å². The Labute approximate surface area is 48.2 Å². The van der Waals surface area contributed by atoms with Crippen LogP contribution in [0, 0.1) is 0 Å². The van der Waals surface area contributed by atoms with Crippen molar-refractivity contribution in [1.29, 1.82) is 0 Å². The summed E-state index contributed by atoms with van der Waals surface area (Å²) in [7, 11) is 0. The molecule has 0 aliphatic carbocycles. The van der Waals surface area contributed by atoms with Crippen LogP contribution in [0.2, 0.25) is 0 Å². The predicted octanol–water partition coefficient (Wildman–Crippen LogP) is -0.112. The summed E-state index contributed by atoms with van der Waals surface area (Å²) >= 11 is 0. The second-order valence-corrected chi connectivity index (χ2v) is 0.803. The molecule has 0 radical (unpaired) electrons. The highest BCUT2D eigenvalue weighted by Crippen LogP contribution is 1.64. The Balaban J connectivity index is 0. The maximum Gasteiger partial charge on any atom is 0.303 e. The van der Waals surface area contributed by atoms with Gasteiger partial charge in [0, 0.05) is 6.92 Å². The van der Waals surface area contributed by atoms with Crippen LogP contribution in [0.3, 0.4) is 0 Å². The Morgan fingerprint density at radius 1 is 1.86 bits per heavy atom. The molecular formula is C3H8ClNO2. The number of carbonyl (C=O) groups excluding carboxylic acids is 1. The molecule has 44 valence electrons. The summed E-state index contributed by atoms with van der Waals surface area (Å²) in [5.41, 5.74) is 4.79. The Kier molecular flexibility index (Phi) is 8.06. The minimum atomic E-state index is -0.336. The van der Waals surface area contributed by atoms with Gasteiger partial charge in [-0.3, -0.25) is 10.5 Å². The maximum atomic E-state index is 9.74. The zero-order valence-electron chi connectivity index (χ0n) is 4.01. The van der Waals surface area contributed by atoms with Crippen LogP contribution in [0.15, 0.2) is 0 Å². The summed E-state index contributed by atoms with van der Waals surface area (Å²) in [4.78, 5) is 9.74. The fourth-order valence-electron chi connectivity index (χ4n) is 0.117. The number of rotatable bonds is 1. The molecule has 7 heavy (non-hydrogen) atoms. The summed E-state index contributed by atoms with van der Waals surface area (Å²) in [6.45, 7) is 1.29. The van der Waals surface area contributed by atoms with E-state index in [0.29, 0.717) is 0 Å². The molecule has 4 heteroatoms. The van der Waals surface area contributed by atoms with Crippen LogP contribution < -0.4 is 5.73 Å². The molecule has 2 N–H and O–H groups in total. The molecule has 0 saturated carbocycles. The van der Waals surface area contributed by atoms with Gasteiger partial charge in [-0.1, -0.05) is 0 Å². The van der Waals surface area contributed by atoms with Gasteiger partial charge in [0.1, 0.15) is 6.73 Å². The average molecular weight is 126 g/mol. The van der Waals surface area contributed by atoms with E-state index in [0.717, 1.165) is 0 Å². The summed E-state index contributed by atoms with van der Waals surface area (Å²) in [5.74, 6) is -0.336. The lowest BCUT2D eigenvalue weighted by Crippen LogP contribution is -2.07. The van der Waals surface area contributed by atoms with Crippen LogP contribution >= 0.6 is 12.4 Å². The lowest BCUT2D eigenvalue weighted by Gasteiger charge is -1.89. The van der Waals surface area contributed by atoms with Crippen LogP contribution in [0.25, 0.3) is 0 Å². The molecule has 0 amide bonds. The monoisotopic (exact) mass is 125 g/mol. The fourth-order valence-corrected chi connectivity index (χ4v) is 0.117. The molecule has 0 heterocycles. The Bertz CT molecular complexity index is 56.9. The van der Waals surface area contributed by atoms with E-state index in [1.54, 1.807) is 0 Å². The largest absolute Gasteiger partial charge is 0.450 e. The minimum Gasteiger partial charge on any atom is -0.450 e. The third kappa shape index (κ3) is 10.7. The summed E-state index contributed by atoms with van der Waals surface area (Å²) in [6.07, 6.45) is 0. The third-order valence-electron chi connectivity index (χ3n) is 0.287. The van der Waals surface area contributed by atoms with Crippen LogP contribution in [0.4, 0.5) is 0 Å². The molecule has 0 saturated heterocycles. The van der Waals surface area contributed by atoms with Gasteiger partial charge in [-0.25, -0.2) is 0 Å². The highest BCUT2D eigenvalue weighted by molar-refractivity contribution is 5.85. The Hall–Kier alpha value is -0.280. The third-order valence-corrected chi connectivity index (χ3v) is 0.287. The van der Waals surface area contributed by atoms with Gasteiger partial charge in [0.05, 0.1) is 0 Å². The molecule has 0 bridgehead atoms. The maximum absolute atomic E-state index is 9.74. The number of nitrogens with two attached hydrogens (primary N) is 1. The van der Waals surface area contributed by atoms with E-state index in [2.05, 4.69) is 4.74 Å². The molecule has 0 fully saturated rings. The normalized spacial score (nSPS) is 6.57. The number of carbonyl (C=O) groups is 1. The highest BCUT2D eigenvalue weighted by atomic mass is 35.5. The zero-order chi connectivity index (χ0) is 4.99. The van der Waals surface area contributed by atoms with Crippen molar-refractivity contribution >= 4 is 18.4 Å². The Morgan fingerprint density at radius 3 is 2.29 bits per heavy atom. The van der Waals surface area contributed by atoms with Crippen molar-refractivity contribution in [2.75, 3.05) is 6.73 Å². The highest BCUT2D eigenvalue weighted by Gasteiger charge is 1.81. The first-order valence-corrected chi connectivity index (χ1v) is 1.61. The average Bonchev–Trinajstić information content (AvgIpc) is 1.35. The lowest BCUT2D eigenvalue weighted by atomic mass is 10.8. The SMILES string of the molecule is CC(=O)OCN.Cl. The Morgan fingerprint density at radius 2 is 2.29 bits per heavy atom. The van der Waals surface area contributed by atoms with E-state index < -0.39 is 0 Å². The molecule has 0 aliphatic rings. The van der Waals surface area contributed by atoms with Crippen LogP contribution in [-0.4, -0.2) is 12.7 Å². The van der Waals surface area contributed by atoms with Gasteiger partial charge < -0.3 is 4.74 Å². The van der Waals surface area contributed by atoms with E-state index in [4.69, 9.17) is 5.73 Å². The summed E-state index contributed by atoms with van der Waals surface area (Å²) < 4.78 is 4.18. The van der Waals surface area contributed by atoms with Gasteiger partial charge in [0.15, 0.2) is 0 Å². The molecule has 0 aliphatic heterocycles. The molecule has 0 aromatic heterocycles. The van der Waals surface area contributed by atoms with E-state index in [9.17, 15) is 4.79 Å². The second-order valence-electron chi connectivity index (χ2n) is 0.803. The molecule has 0 atom stereocenters. The first kappa shape index (κ1) is 9.87. The van der Waals surface area contributed by atoms with E-state index >= 15 is 0 Å². The number of ether oxygens (including phenoxy) is 1. The number of halogens is 1. The number of hydrogen-bond donors (Lipinski definition) is 1. The van der Waals surface area contributed by atoms with Crippen molar-refractivity contribution in [3.63, 3.8) is 0 Å². The standard InChI is InChI=1S/C3H7NO2.ClH/c1-3(5)6-2-4;/h2,4H2,1H3;1H. The molecule has 3 nitrogen and oxygen atoms in total. The zero-order valence-corrected chi connectivity index (χ0v) is 4.83. The smallest absolute Gasteiger partial charge is 0.303 e. The van der Waals surface area contributed by atoms with Crippen molar-refractivity contribution in [3.8, 4) is 0 Å². The molecular weight excluding hydrogens is 117 g/mol. The molecule has 0 unspecified atom stereocenters. The van der Waals surface area contributed by atoms with Gasteiger partial charge in [0.2, 0.25) is 0 Å². The topological polar surface area (TPSA) is 52.3 Å². The summed E-state index contributed by atoms with van der Waals surface area (Å²) in [6, 6.07) is 0. The first-order valence-electron chi connectivity index (χ1n) is 1.61. The first-order chi connectivity index (χ1) is 2.77. The van der Waals surface area contributed by atoms with Crippen molar-refractivity contribution in [3.05, 3.63) is 0 Å². The number of esters is 1. The van der Waals surface area contributed by atoms with Crippen molar-refractivity contribution in [2.45, 2.75) is 6.92 Å². The molecule has 0 aromatic carbocycles. The van der Waals surface area contributed by atoms with E-state index in [-0.39, 0.29) is 25.1 Å². The molecule has 0 aromatic rings. The predicted molar refractivity (Wildman–Crippen MR) is 28.1 cm³/mol. The van der Waals surface area contributed by atoms with Gasteiger partial charge in [0.25, 0.3) is 0 Å².